The Bertz CT molecular complexity index is 736. The van der Waals surface area contributed by atoms with Crippen molar-refractivity contribution in [2.24, 2.45) is 0 Å². The van der Waals surface area contributed by atoms with Gasteiger partial charge in [0.25, 0.3) is 0 Å². The van der Waals surface area contributed by atoms with Gasteiger partial charge < -0.3 is 23.7 Å². The van der Waals surface area contributed by atoms with Gasteiger partial charge in [0.1, 0.15) is 36.9 Å². The molecule has 2 unspecified atom stereocenters. The van der Waals surface area contributed by atoms with E-state index in [1.165, 1.54) is 0 Å². The molecule has 0 N–H and O–H groups in total. The summed E-state index contributed by atoms with van der Waals surface area (Å²) in [4.78, 5) is 23.8. The molecule has 2 heterocycles. The Kier molecular flexibility index (Phi) is 5.04. The number of ether oxygens (including phenoxy) is 5. The van der Waals surface area contributed by atoms with Gasteiger partial charge in [-0.2, -0.15) is 0 Å². The van der Waals surface area contributed by atoms with E-state index in [0.717, 1.165) is 0 Å². The van der Waals surface area contributed by atoms with Crippen molar-refractivity contribution >= 4 is 11.9 Å². The largest absolute Gasteiger partial charge is 0.459 e. The molecule has 0 bridgehead atoms. The van der Waals surface area contributed by atoms with Crippen molar-refractivity contribution in [2.75, 3.05) is 26.4 Å². The molecule has 2 saturated heterocycles. The highest BCUT2D eigenvalue weighted by Gasteiger charge is 2.25. The van der Waals surface area contributed by atoms with Gasteiger partial charge in [-0.3, -0.25) is 0 Å². The van der Waals surface area contributed by atoms with E-state index in [1.807, 2.05) is 0 Å². The predicted molar refractivity (Wildman–Crippen MR) is 93.0 cm³/mol. The van der Waals surface area contributed by atoms with Gasteiger partial charge >= 0.3 is 11.9 Å². The highest BCUT2D eigenvalue weighted by Crippen LogP contribution is 2.23. The molecule has 2 aliphatic rings. The molecule has 7 heteroatoms. The zero-order chi connectivity index (χ0) is 18.6. The summed E-state index contributed by atoms with van der Waals surface area (Å²) in [5.74, 6) is 0.351. The molecule has 0 amide bonds. The Morgan fingerprint density at radius 1 is 0.741 bits per heavy atom. The summed E-state index contributed by atoms with van der Waals surface area (Å²) in [7, 11) is 0. The minimum absolute atomic E-state index is 0.0406. The minimum atomic E-state index is -0.392. The first-order chi connectivity index (χ1) is 13.2. The topological polar surface area (TPSA) is 86.9 Å². The summed E-state index contributed by atoms with van der Waals surface area (Å²) in [6, 6.07) is 13.3. The molecule has 2 aliphatic heterocycles. The second kappa shape index (κ2) is 7.77. The molecule has 2 atom stereocenters. The Hall–Kier alpha value is -2.90. The Morgan fingerprint density at radius 2 is 1.11 bits per heavy atom. The third-order valence-electron chi connectivity index (χ3n) is 4.02. The fourth-order valence-corrected chi connectivity index (χ4v) is 2.29. The van der Waals surface area contributed by atoms with E-state index in [4.69, 9.17) is 23.7 Å². The number of hydrogen-bond donors (Lipinski definition) is 0. The number of esters is 2. The maximum atomic E-state index is 11.9. The summed E-state index contributed by atoms with van der Waals surface area (Å²) in [5, 5.41) is 0. The van der Waals surface area contributed by atoms with Gasteiger partial charge in [0.05, 0.1) is 24.3 Å². The quantitative estimate of drug-likeness (QED) is 0.521. The number of rotatable bonds is 8. The van der Waals surface area contributed by atoms with Crippen LogP contribution < -0.4 is 4.74 Å². The third-order valence-corrected chi connectivity index (χ3v) is 4.02. The summed E-state index contributed by atoms with van der Waals surface area (Å²) in [6.45, 7) is 1.84. The molecule has 0 spiro atoms. The van der Waals surface area contributed by atoms with Crippen LogP contribution in [0.5, 0.6) is 11.5 Å². The maximum absolute atomic E-state index is 11.9. The number of hydrogen-bond acceptors (Lipinski definition) is 7. The van der Waals surface area contributed by atoms with Crippen LogP contribution >= 0.6 is 0 Å². The van der Waals surface area contributed by atoms with Crippen molar-refractivity contribution in [3.8, 4) is 11.5 Å². The van der Waals surface area contributed by atoms with Gasteiger partial charge in [-0.25, -0.2) is 9.59 Å². The average Bonchev–Trinajstić information content (AvgIpc) is 3.60. The van der Waals surface area contributed by atoms with E-state index in [0.29, 0.717) is 35.8 Å². The summed E-state index contributed by atoms with van der Waals surface area (Å²) < 4.78 is 26.0. The molecule has 2 aromatic carbocycles. The minimum Gasteiger partial charge on any atom is -0.459 e. The molecule has 27 heavy (non-hydrogen) atoms. The van der Waals surface area contributed by atoms with Crippen LogP contribution in [0.4, 0.5) is 0 Å². The van der Waals surface area contributed by atoms with Crippen molar-refractivity contribution in [3.05, 3.63) is 59.7 Å². The number of benzene rings is 2. The summed E-state index contributed by atoms with van der Waals surface area (Å²) >= 11 is 0. The van der Waals surface area contributed by atoms with E-state index in [2.05, 4.69) is 0 Å². The van der Waals surface area contributed by atoms with Gasteiger partial charge in [-0.05, 0) is 48.5 Å². The highest BCUT2D eigenvalue weighted by molar-refractivity contribution is 5.90. The Labute approximate surface area is 155 Å². The zero-order valence-corrected chi connectivity index (χ0v) is 14.5. The monoisotopic (exact) mass is 370 g/mol. The first-order valence-corrected chi connectivity index (χ1v) is 8.63. The van der Waals surface area contributed by atoms with E-state index >= 15 is 0 Å². The van der Waals surface area contributed by atoms with E-state index < -0.39 is 11.9 Å². The van der Waals surface area contributed by atoms with Crippen LogP contribution in [-0.2, 0) is 18.9 Å². The number of carbonyl (C=O) groups is 2. The standard InChI is InChI=1S/C20H18O7/c21-19(25-11-17-9-23-17)13-1-5-15(6-2-13)27-16-7-3-14(4-8-16)20(22)26-12-18-10-24-18/h1-8,17-18H,9-12H2. The summed E-state index contributed by atoms with van der Waals surface area (Å²) in [6.07, 6.45) is 0.0812. The van der Waals surface area contributed by atoms with Crippen LogP contribution in [-0.4, -0.2) is 50.6 Å². The molecule has 0 aliphatic carbocycles. The van der Waals surface area contributed by atoms with Crippen molar-refractivity contribution in [2.45, 2.75) is 12.2 Å². The van der Waals surface area contributed by atoms with Crippen LogP contribution in [0.3, 0.4) is 0 Å². The molecule has 7 nitrogen and oxygen atoms in total. The second-order valence-corrected chi connectivity index (χ2v) is 6.26. The molecule has 140 valence electrons. The van der Waals surface area contributed by atoms with E-state index in [9.17, 15) is 9.59 Å². The molecule has 0 saturated carbocycles. The molecule has 2 fully saturated rings. The number of epoxide rings is 2. The maximum Gasteiger partial charge on any atom is 0.338 e. The highest BCUT2D eigenvalue weighted by atomic mass is 16.6. The molecular weight excluding hydrogens is 352 g/mol. The lowest BCUT2D eigenvalue weighted by Gasteiger charge is -2.08. The van der Waals surface area contributed by atoms with Crippen molar-refractivity contribution in [1.29, 1.82) is 0 Å². The van der Waals surface area contributed by atoms with Crippen LogP contribution in [0.15, 0.2) is 48.5 Å². The molecule has 0 radical (unpaired) electrons. The fraction of sp³-hybridized carbons (Fsp3) is 0.300. The molecule has 0 aromatic heterocycles. The lowest BCUT2D eigenvalue weighted by atomic mass is 10.2. The van der Waals surface area contributed by atoms with Gasteiger partial charge in [0.2, 0.25) is 0 Å². The average molecular weight is 370 g/mol. The van der Waals surface area contributed by atoms with Gasteiger partial charge in [0.15, 0.2) is 0 Å². The molecule has 2 aromatic rings. The molecule has 4 rings (SSSR count). The smallest absolute Gasteiger partial charge is 0.338 e. The zero-order valence-electron chi connectivity index (χ0n) is 14.5. The first-order valence-electron chi connectivity index (χ1n) is 8.63. The van der Waals surface area contributed by atoms with Crippen molar-refractivity contribution < 1.29 is 33.3 Å². The second-order valence-electron chi connectivity index (χ2n) is 6.26. The van der Waals surface area contributed by atoms with Crippen molar-refractivity contribution in [3.63, 3.8) is 0 Å². The van der Waals surface area contributed by atoms with Crippen LogP contribution in [0, 0.1) is 0 Å². The summed E-state index contributed by atoms with van der Waals surface area (Å²) in [5.41, 5.74) is 0.890. The fourth-order valence-electron chi connectivity index (χ4n) is 2.29. The Balaban J connectivity index is 1.30. The van der Waals surface area contributed by atoms with Gasteiger partial charge in [-0.15, -0.1) is 0 Å². The van der Waals surface area contributed by atoms with Gasteiger partial charge in [-0.1, -0.05) is 0 Å². The lowest BCUT2D eigenvalue weighted by Crippen LogP contribution is -2.10. The van der Waals surface area contributed by atoms with E-state index in [1.54, 1.807) is 48.5 Å². The van der Waals surface area contributed by atoms with Crippen LogP contribution in [0.2, 0.25) is 0 Å². The first kappa shape index (κ1) is 17.5. The van der Waals surface area contributed by atoms with E-state index in [-0.39, 0.29) is 25.4 Å². The lowest BCUT2D eigenvalue weighted by molar-refractivity contribution is 0.0468. The predicted octanol–water partition coefficient (Wildman–Crippen LogP) is 2.59. The third kappa shape index (κ3) is 5.06. The Morgan fingerprint density at radius 3 is 1.44 bits per heavy atom. The SMILES string of the molecule is O=C(OCC1CO1)c1ccc(Oc2ccc(C(=O)OCC3CO3)cc2)cc1. The number of carbonyl (C=O) groups excluding carboxylic acids is 2. The van der Waals surface area contributed by atoms with Crippen LogP contribution in [0.1, 0.15) is 20.7 Å². The normalized spacial score (nSPS) is 19.9. The molecular formula is C20H18O7. The van der Waals surface area contributed by atoms with Gasteiger partial charge in [0, 0.05) is 0 Å². The van der Waals surface area contributed by atoms with Crippen LogP contribution in [0.25, 0.3) is 0 Å². The van der Waals surface area contributed by atoms with Crippen molar-refractivity contribution in [1.82, 2.24) is 0 Å².